The topological polar surface area (TPSA) is 29.1 Å². The van der Waals surface area contributed by atoms with Crippen LogP contribution in [0.1, 0.15) is 105 Å². The first-order valence-electron chi connectivity index (χ1n) is 15.2. The molecule has 40 heavy (non-hydrogen) atoms. The van der Waals surface area contributed by atoms with Gasteiger partial charge in [0, 0.05) is 13.0 Å². The Morgan fingerprint density at radius 2 is 1.68 bits per heavy atom. The van der Waals surface area contributed by atoms with Gasteiger partial charge in [0.05, 0.1) is 0 Å². The van der Waals surface area contributed by atoms with Gasteiger partial charge in [-0.3, -0.25) is 4.79 Å². The van der Waals surface area contributed by atoms with E-state index in [-0.39, 0.29) is 17.8 Å². The number of rotatable bonds is 5. The summed E-state index contributed by atoms with van der Waals surface area (Å²) >= 11 is 0. The molecule has 1 fully saturated rings. The van der Waals surface area contributed by atoms with Crippen LogP contribution in [0.4, 0.5) is 4.39 Å². The number of aryl methyl sites for hydroxylation is 2. The number of fused-ring (bicyclic) bond motifs is 1. The third kappa shape index (κ3) is 12.9. The lowest BCUT2D eigenvalue weighted by atomic mass is 9.73. The predicted octanol–water partition coefficient (Wildman–Crippen LogP) is 10.5. The number of carbonyl (C=O) groups is 1. The third-order valence-electron chi connectivity index (χ3n) is 6.98. The fourth-order valence-corrected chi connectivity index (χ4v) is 5.02. The van der Waals surface area contributed by atoms with E-state index in [2.05, 4.69) is 63.0 Å². The summed E-state index contributed by atoms with van der Waals surface area (Å²) < 4.78 is 13.0. The summed E-state index contributed by atoms with van der Waals surface area (Å²) in [7, 11) is 0. The van der Waals surface area contributed by atoms with E-state index >= 15 is 0 Å². The molecular formula is C37H56FNO. The Morgan fingerprint density at radius 1 is 1.07 bits per heavy atom. The molecule has 0 radical (unpaired) electrons. The normalized spacial score (nSPS) is 16.8. The lowest BCUT2D eigenvalue weighted by Gasteiger charge is -2.32. The van der Waals surface area contributed by atoms with Crippen molar-refractivity contribution in [1.82, 2.24) is 5.32 Å². The van der Waals surface area contributed by atoms with Crippen LogP contribution in [0.15, 0.2) is 84.0 Å². The van der Waals surface area contributed by atoms with E-state index in [1.165, 1.54) is 54.0 Å². The van der Waals surface area contributed by atoms with Crippen LogP contribution in [0.3, 0.4) is 0 Å². The molecule has 1 atom stereocenters. The number of halogens is 1. The van der Waals surface area contributed by atoms with E-state index in [0.29, 0.717) is 5.41 Å². The highest BCUT2D eigenvalue weighted by Gasteiger charge is 2.36. The van der Waals surface area contributed by atoms with Crippen LogP contribution in [0, 0.1) is 18.2 Å². The monoisotopic (exact) mass is 549 g/mol. The van der Waals surface area contributed by atoms with Gasteiger partial charge < -0.3 is 5.32 Å². The number of hydrogen-bond donors (Lipinski definition) is 1. The van der Waals surface area contributed by atoms with Gasteiger partial charge in [-0.25, -0.2) is 4.39 Å². The number of benzene rings is 2. The second kappa shape index (κ2) is 20.0. The molecule has 2 nitrogen and oxygen atoms in total. The maximum atomic E-state index is 13.0. The summed E-state index contributed by atoms with van der Waals surface area (Å²) in [5, 5.41) is 2.67. The number of allylic oxidation sites excluding steroid dienone is 5. The van der Waals surface area contributed by atoms with Crippen molar-refractivity contribution in [2.45, 2.75) is 114 Å². The molecule has 1 saturated carbocycles. The Kier molecular flexibility index (Phi) is 18.5. The molecule has 222 valence electrons. The molecule has 2 aliphatic carbocycles. The zero-order valence-electron chi connectivity index (χ0n) is 27.1. The molecule has 0 aliphatic heterocycles. The average Bonchev–Trinajstić information content (AvgIpc) is 3.32. The van der Waals surface area contributed by atoms with Crippen LogP contribution in [0.25, 0.3) is 0 Å². The maximum absolute atomic E-state index is 13.0. The van der Waals surface area contributed by atoms with Gasteiger partial charge in [-0.05, 0) is 105 Å². The molecule has 0 bridgehead atoms. The average molecular weight is 550 g/mol. The molecule has 2 aliphatic rings. The lowest BCUT2D eigenvalue weighted by Crippen LogP contribution is -2.27. The van der Waals surface area contributed by atoms with Crippen molar-refractivity contribution in [3.8, 4) is 0 Å². The number of hydrogen-bond acceptors (Lipinski definition) is 1. The van der Waals surface area contributed by atoms with Crippen molar-refractivity contribution in [2.75, 3.05) is 0 Å². The van der Waals surface area contributed by atoms with Crippen LogP contribution in [0.5, 0.6) is 0 Å². The van der Waals surface area contributed by atoms with Gasteiger partial charge in [-0.1, -0.05) is 102 Å². The number of carbonyl (C=O) groups excluding carboxylic acids is 1. The Bertz CT molecular complexity index is 1080. The van der Waals surface area contributed by atoms with Gasteiger partial charge in [0.1, 0.15) is 5.82 Å². The lowest BCUT2D eigenvalue weighted by molar-refractivity contribution is -0.119. The van der Waals surface area contributed by atoms with Gasteiger partial charge >= 0.3 is 0 Å². The summed E-state index contributed by atoms with van der Waals surface area (Å²) in [4.78, 5) is 10.1. The summed E-state index contributed by atoms with van der Waals surface area (Å²) in [6.45, 7) is 24.1. The van der Waals surface area contributed by atoms with Crippen molar-refractivity contribution in [3.05, 3.63) is 106 Å². The first-order valence-corrected chi connectivity index (χ1v) is 15.2. The van der Waals surface area contributed by atoms with Gasteiger partial charge in [-0.15, -0.1) is 0 Å². The molecular weight excluding hydrogens is 493 g/mol. The SMILES string of the molecule is C=CC1=C(Cc2ccc(F)cc2)C=C2CCCC2(C)C1.CC.CC.CC(=O)NC(C)C.CCc1ccccc1C. The minimum Gasteiger partial charge on any atom is -0.354 e. The molecule has 4 rings (SSSR count). The van der Waals surface area contributed by atoms with E-state index in [9.17, 15) is 9.18 Å². The quantitative estimate of drug-likeness (QED) is 0.395. The molecule has 0 aromatic heterocycles. The van der Waals surface area contributed by atoms with Crippen LogP contribution < -0.4 is 5.32 Å². The zero-order valence-corrected chi connectivity index (χ0v) is 27.1. The second-order valence-electron chi connectivity index (χ2n) is 10.5. The fourth-order valence-electron chi connectivity index (χ4n) is 5.02. The van der Waals surface area contributed by atoms with Gasteiger partial charge in [0.25, 0.3) is 0 Å². The molecule has 1 N–H and O–H groups in total. The number of amides is 1. The fraction of sp³-hybridized carbons (Fsp3) is 0.486. The zero-order chi connectivity index (χ0) is 30.7. The molecule has 1 unspecified atom stereocenters. The van der Waals surface area contributed by atoms with Gasteiger partial charge in [0.2, 0.25) is 5.91 Å². The van der Waals surface area contributed by atoms with E-state index in [1.54, 1.807) is 17.7 Å². The first kappa shape index (κ1) is 37.1. The molecule has 0 heterocycles. The van der Waals surface area contributed by atoms with E-state index in [4.69, 9.17) is 0 Å². The molecule has 0 spiro atoms. The van der Waals surface area contributed by atoms with E-state index in [1.807, 2.05) is 59.8 Å². The maximum Gasteiger partial charge on any atom is 0.217 e. The summed E-state index contributed by atoms with van der Waals surface area (Å²) in [5.74, 6) is -0.132. The molecule has 3 heteroatoms. The highest BCUT2D eigenvalue weighted by atomic mass is 19.1. The Labute approximate surface area is 245 Å². The van der Waals surface area contributed by atoms with Gasteiger partial charge in [-0.2, -0.15) is 0 Å². The standard InChI is InChI=1S/C19H21F.C9H12.C5H11NO.2C2H6/c1-3-15-13-19(2)10-4-5-17(19)12-16(15)11-14-6-8-18(20)9-7-14;1-3-9-7-5-4-6-8(9)2;1-4(2)6-5(3)7;2*1-2/h3,6-9,12H,1,4-5,10-11,13H2,2H3;4-7H,3H2,1-2H3;4H,1-3H3,(H,6,7);2*1-2H3. The minimum absolute atomic E-state index is 0.0370. The van der Waals surface area contributed by atoms with Crippen LogP contribution in [-0.2, 0) is 17.6 Å². The second-order valence-corrected chi connectivity index (χ2v) is 10.5. The van der Waals surface area contributed by atoms with Crippen LogP contribution in [0.2, 0.25) is 0 Å². The highest BCUT2D eigenvalue weighted by Crippen LogP contribution is 2.50. The van der Waals surface area contributed by atoms with Crippen LogP contribution in [-0.4, -0.2) is 11.9 Å². The van der Waals surface area contributed by atoms with Crippen LogP contribution >= 0.6 is 0 Å². The van der Waals surface area contributed by atoms with Crippen molar-refractivity contribution < 1.29 is 9.18 Å². The van der Waals surface area contributed by atoms with Gasteiger partial charge in [0.15, 0.2) is 0 Å². The smallest absolute Gasteiger partial charge is 0.217 e. The first-order chi connectivity index (χ1) is 19.1. The molecule has 2 aromatic carbocycles. The van der Waals surface area contributed by atoms with Crippen molar-refractivity contribution in [3.63, 3.8) is 0 Å². The van der Waals surface area contributed by atoms with Crippen molar-refractivity contribution in [2.24, 2.45) is 5.41 Å². The summed E-state index contributed by atoms with van der Waals surface area (Å²) in [6.07, 6.45) is 11.4. The Morgan fingerprint density at radius 3 is 2.12 bits per heavy atom. The van der Waals surface area contributed by atoms with E-state index < -0.39 is 0 Å². The Hall–Kier alpha value is -2.94. The number of nitrogens with one attached hydrogen (secondary N) is 1. The Balaban J connectivity index is 0.000000634. The predicted molar refractivity (Wildman–Crippen MR) is 174 cm³/mol. The van der Waals surface area contributed by atoms with Crippen molar-refractivity contribution in [1.29, 1.82) is 0 Å². The van der Waals surface area contributed by atoms with Crippen molar-refractivity contribution >= 4 is 5.91 Å². The van der Waals surface area contributed by atoms with E-state index in [0.717, 1.165) is 19.3 Å². The molecule has 1 amide bonds. The summed E-state index contributed by atoms with van der Waals surface area (Å²) in [5.41, 5.74) is 8.70. The largest absolute Gasteiger partial charge is 0.354 e. The minimum atomic E-state index is -0.169. The molecule has 2 aromatic rings. The third-order valence-corrected chi connectivity index (χ3v) is 6.98. The molecule has 0 saturated heterocycles. The summed E-state index contributed by atoms with van der Waals surface area (Å²) in [6, 6.07) is 15.6. The highest BCUT2D eigenvalue weighted by molar-refractivity contribution is 5.73.